The van der Waals surface area contributed by atoms with Crippen LogP contribution in [0.3, 0.4) is 0 Å². The van der Waals surface area contributed by atoms with Gasteiger partial charge >= 0.3 is 0 Å². The van der Waals surface area contributed by atoms with Gasteiger partial charge in [-0.3, -0.25) is 0 Å². The largest absolute Gasteiger partial charge is 0.385 e. The van der Waals surface area contributed by atoms with E-state index in [0.29, 0.717) is 11.1 Å². The maximum absolute atomic E-state index is 13.8. The lowest BCUT2D eigenvalue weighted by Crippen LogP contribution is -2.25. The van der Waals surface area contributed by atoms with Crippen molar-refractivity contribution >= 4 is 11.6 Å². The van der Waals surface area contributed by atoms with Gasteiger partial charge in [0.1, 0.15) is 11.6 Å². The fourth-order valence-electron chi connectivity index (χ4n) is 2.08. The first-order valence-electron chi connectivity index (χ1n) is 6.23. The molecule has 0 aliphatic carbocycles. The molecule has 0 saturated carbocycles. The molecule has 0 bridgehead atoms. The first kappa shape index (κ1) is 14.9. The molecule has 0 spiro atoms. The number of hydrogen-bond donors (Lipinski definition) is 1. The zero-order valence-corrected chi connectivity index (χ0v) is 12.0. The third kappa shape index (κ3) is 3.00. The predicted octanol–water partition coefficient (Wildman–Crippen LogP) is 4.38. The van der Waals surface area contributed by atoms with Gasteiger partial charge in [0, 0.05) is 17.0 Å². The van der Waals surface area contributed by atoms with Gasteiger partial charge in [-0.1, -0.05) is 29.8 Å². The number of halogens is 3. The molecule has 0 heterocycles. The molecule has 1 unspecified atom stereocenters. The summed E-state index contributed by atoms with van der Waals surface area (Å²) in [5.74, 6) is -0.882. The summed E-state index contributed by atoms with van der Waals surface area (Å²) < 4.78 is 27.4. The van der Waals surface area contributed by atoms with Gasteiger partial charge < -0.3 is 5.11 Å². The number of rotatable bonds is 3. The van der Waals surface area contributed by atoms with Crippen molar-refractivity contribution in [3.05, 3.63) is 69.7 Å². The van der Waals surface area contributed by atoms with Crippen molar-refractivity contribution in [3.8, 4) is 0 Å². The Morgan fingerprint density at radius 3 is 2.45 bits per heavy atom. The van der Waals surface area contributed by atoms with Crippen LogP contribution in [0, 0.1) is 18.6 Å². The third-order valence-electron chi connectivity index (χ3n) is 3.38. The molecule has 0 saturated heterocycles. The molecule has 0 aromatic heterocycles. The summed E-state index contributed by atoms with van der Waals surface area (Å²) in [4.78, 5) is 0. The highest BCUT2D eigenvalue weighted by molar-refractivity contribution is 6.31. The van der Waals surface area contributed by atoms with Crippen molar-refractivity contribution in [1.29, 1.82) is 0 Å². The molecule has 1 nitrogen and oxygen atoms in total. The van der Waals surface area contributed by atoms with Gasteiger partial charge in [0.05, 0.1) is 5.60 Å². The summed E-state index contributed by atoms with van der Waals surface area (Å²) >= 11 is 5.95. The highest BCUT2D eigenvalue weighted by atomic mass is 35.5. The van der Waals surface area contributed by atoms with Crippen LogP contribution in [0.5, 0.6) is 0 Å². The summed E-state index contributed by atoms with van der Waals surface area (Å²) in [5.41, 5.74) is -0.297. The van der Waals surface area contributed by atoms with E-state index in [-0.39, 0.29) is 17.0 Å². The average molecular weight is 297 g/mol. The number of benzene rings is 2. The first-order valence-corrected chi connectivity index (χ1v) is 6.61. The van der Waals surface area contributed by atoms with Crippen LogP contribution >= 0.6 is 11.6 Å². The van der Waals surface area contributed by atoms with E-state index < -0.39 is 17.2 Å². The van der Waals surface area contributed by atoms with Gasteiger partial charge in [-0.05, 0) is 43.2 Å². The van der Waals surface area contributed by atoms with Crippen molar-refractivity contribution in [2.45, 2.75) is 25.9 Å². The topological polar surface area (TPSA) is 20.2 Å². The Labute approximate surface area is 121 Å². The van der Waals surface area contributed by atoms with Gasteiger partial charge in [-0.25, -0.2) is 8.78 Å². The van der Waals surface area contributed by atoms with E-state index >= 15 is 0 Å². The third-order valence-corrected chi connectivity index (χ3v) is 3.73. The lowest BCUT2D eigenvalue weighted by molar-refractivity contribution is 0.0563. The molecule has 0 amide bonds. The monoisotopic (exact) mass is 296 g/mol. The van der Waals surface area contributed by atoms with Crippen LogP contribution in [0.1, 0.15) is 23.6 Å². The van der Waals surface area contributed by atoms with Crippen LogP contribution in [0.15, 0.2) is 36.4 Å². The lowest BCUT2D eigenvalue weighted by atomic mass is 9.88. The molecule has 2 aromatic carbocycles. The SMILES string of the molecule is Cc1ccc(C(C)(O)Cc2c(F)cccc2Cl)cc1F. The van der Waals surface area contributed by atoms with E-state index in [1.807, 2.05) is 0 Å². The van der Waals surface area contributed by atoms with Gasteiger partial charge in [0.2, 0.25) is 0 Å². The second kappa shape index (κ2) is 5.51. The summed E-state index contributed by atoms with van der Waals surface area (Å²) in [6.45, 7) is 3.15. The zero-order chi connectivity index (χ0) is 14.9. The Bertz CT molecular complexity index is 618. The Morgan fingerprint density at radius 2 is 1.85 bits per heavy atom. The highest BCUT2D eigenvalue weighted by Gasteiger charge is 2.27. The maximum Gasteiger partial charge on any atom is 0.128 e. The van der Waals surface area contributed by atoms with E-state index in [0.717, 1.165) is 0 Å². The molecule has 106 valence electrons. The molecule has 0 aliphatic rings. The van der Waals surface area contributed by atoms with E-state index in [4.69, 9.17) is 11.6 Å². The average Bonchev–Trinajstić information content (AvgIpc) is 2.37. The molecule has 0 aliphatic heterocycles. The minimum atomic E-state index is -1.40. The highest BCUT2D eigenvalue weighted by Crippen LogP contribution is 2.30. The molecule has 0 fully saturated rings. The Kier molecular flexibility index (Phi) is 4.11. The number of aliphatic hydroxyl groups is 1. The van der Waals surface area contributed by atoms with Crippen LogP contribution in [-0.4, -0.2) is 5.11 Å². The van der Waals surface area contributed by atoms with E-state index in [1.165, 1.54) is 25.1 Å². The van der Waals surface area contributed by atoms with Gasteiger partial charge in [0.25, 0.3) is 0 Å². The van der Waals surface area contributed by atoms with Crippen LogP contribution in [0.4, 0.5) is 8.78 Å². The number of hydrogen-bond acceptors (Lipinski definition) is 1. The summed E-state index contributed by atoms with van der Waals surface area (Å²) in [5, 5.41) is 10.8. The summed E-state index contributed by atoms with van der Waals surface area (Å²) in [6.07, 6.45) is -0.0268. The van der Waals surface area contributed by atoms with Crippen LogP contribution in [0.25, 0.3) is 0 Å². The molecule has 4 heteroatoms. The van der Waals surface area contributed by atoms with Crippen LogP contribution < -0.4 is 0 Å². The van der Waals surface area contributed by atoms with Gasteiger partial charge in [-0.15, -0.1) is 0 Å². The summed E-state index contributed by atoms with van der Waals surface area (Å²) in [7, 11) is 0. The normalized spacial score (nSPS) is 14.1. The number of aryl methyl sites for hydroxylation is 1. The van der Waals surface area contributed by atoms with Crippen LogP contribution in [0.2, 0.25) is 5.02 Å². The molecule has 2 aromatic rings. The van der Waals surface area contributed by atoms with Crippen molar-refractivity contribution in [2.24, 2.45) is 0 Å². The molecule has 2 rings (SSSR count). The van der Waals surface area contributed by atoms with Gasteiger partial charge in [0.15, 0.2) is 0 Å². The quantitative estimate of drug-likeness (QED) is 0.891. The Hall–Kier alpha value is -1.45. The van der Waals surface area contributed by atoms with Crippen LogP contribution in [-0.2, 0) is 12.0 Å². The van der Waals surface area contributed by atoms with Crippen molar-refractivity contribution in [3.63, 3.8) is 0 Å². The fourth-order valence-corrected chi connectivity index (χ4v) is 2.31. The van der Waals surface area contributed by atoms with Crippen molar-refractivity contribution < 1.29 is 13.9 Å². The predicted molar refractivity (Wildman–Crippen MR) is 75.8 cm³/mol. The maximum atomic E-state index is 13.8. The standard InChI is InChI=1S/C16H15ClF2O/c1-10-6-7-11(8-15(10)19)16(2,20)9-12-13(17)4-3-5-14(12)18/h3-8,20H,9H2,1-2H3. The zero-order valence-electron chi connectivity index (χ0n) is 11.3. The van der Waals surface area contributed by atoms with E-state index in [1.54, 1.807) is 25.1 Å². The second-order valence-corrected chi connectivity index (χ2v) is 5.52. The minimum Gasteiger partial charge on any atom is -0.385 e. The summed E-state index contributed by atoms with van der Waals surface area (Å²) in [6, 6.07) is 8.83. The lowest BCUT2D eigenvalue weighted by Gasteiger charge is -2.25. The van der Waals surface area contributed by atoms with E-state index in [9.17, 15) is 13.9 Å². The molecular weight excluding hydrogens is 282 g/mol. The van der Waals surface area contributed by atoms with Crippen molar-refractivity contribution in [1.82, 2.24) is 0 Å². The fraction of sp³-hybridized carbons (Fsp3) is 0.250. The molecule has 1 atom stereocenters. The molecular formula is C16H15ClF2O. The Morgan fingerprint density at radius 1 is 1.15 bits per heavy atom. The van der Waals surface area contributed by atoms with E-state index in [2.05, 4.69) is 0 Å². The van der Waals surface area contributed by atoms with Gasteiger partial charge in [-0.2, -0.15) is 0 Å². The Balaban J connectivity index is 2.37. The van der Waals surface area contributed by atoms with Crippen molar-refractivity contribution in [2.75, 3.05) is 0 Å². The first-order chi connectivity index (χ1) is 9.31. The molecule has 20 heavy (non-hydrogen) atoms. The second-order valence-electron chi connectivity index (χ2n) is 5.11. The molecule has 0 radical (unpaired) electrons. The molecule has 1 N–H and O–H groups in total. The minimum absolute atomic E-state index is 0.0268. The smallest absolute Gasteiger partial charge is 0.128 e.